The molecule has 0 bridgehead atoms. The summed E-state index contributed by atoms with van der Waals surface area (Å²) in [4.78, 5) is 27.9. The highest BCUT2D eigenvalue weighted by Crippen LogP contribution is 2.16. The van der Waals surface area contributed by atoms with Gasteiger partial charge in [-0.25, -0.2) is 0 Å². The standard InChI is InChI=1S/C19H18ClN3O2S/c1-12(13-6-8-14(20)9-7-13)21-17(24)10-11-23-18(25)15-4-2-3-5-16(15)22-19(23)26/h2-9,12H,10-11H2,1H3,(H,21,24)(H,22,26). The molecule has 0 aliphatic carbocycles. The number of benzene rings is 2. The quantitative estimate of drug-likeness (QED) is 0.651. The fourth-order valence-electron chi connectivity index (χ4n) is 2.76. The Kier molecular flexibility index (Phi) is 5.54. The molecule has 134 valence electrons. The van der Waals surface area contributed by atoms with Gasteiger partial charge in [-0.05, 0) is 49.0 Å². The number of para-hydroxylation sites is 1. The second kappa shape index (κ2) is 7.85. The number of hydrogen-bond acceptors (Lipinski definition) is 3. The van der Waals surface area contributed by atoms with Crippen molar-refractivity contribution in [1.82, 2.24) is 14.9 Å². The molecule has 0 aliphatic rings. The molecular formula is C19H18ClN3O2S. The maximum absolute atomic E-state index is 12.6. The number of hydrogen-bond donors (Lipinski definition) is 2. The second-order valence-electron chi connectivity index (χ2n) is 6.02. The number of aromatic amines is 1. The minimum Gasteiger partial charge on any atom is -0.350 e. The Balaban J connectivity index is 1.70. The van der Waals surface area contributed by atoms with Gasteiger partial charge in [0.25, 0.3) is 5.56 Å². The van der Waals surface area contributed by atoms with Crippen molar-refractivity contribution >= 4 is 40.6 Å². The van der Waals surface area contributed by atoms with Gasteiger partial charge in [0.05, 0.1) is 16.9 Å². The highest BCUT2D eigenvalue weighted by molar-refractivity contribution is 7.71. The maximum atomic E-state index is 12.6. The van der Waals surface area contributed by atoms with Gasteiger partial charge in [0, 0.05) is 18.0 Å². The van der Waals surface area contributed by atoms with E-state index < -0.39 is 0 Å². The number of amides is 1. The van der Waals surface area contributed by atoms with Gasteiger partial charge in [-0.2, -0.15) is 0 Å². The number of rotatable bonds is 5. The summed E-state index contributed by atoms with van der Waals surface area (Å²) in [5.74, 6) is -0.151. The van der Waals surface area contributed by atoms with E-state index in [0.29, 0.717) is 20.7 Å². The van der Waals surface area contributed by atoms with Gasteiger partial charge in [-0.15, -0.1) is 0 Å². The topological polar surface area (TPSA) is 66.9 Å². The molecule has 26 heavy (non-hydrogen) atoms. The highest BCUT2D eigenvalue weighted by Gasteiger charge is 2.11. The molecular weight excluding hydrogens is 370 g/mol. The summed E-state index contributed by atoms with van der Waals surface area (Å²) in [6.07, 6.45) is 0.160. The van der Waals surface area contributed by atoms with Crippen molar-refractivity contribution < 1.29 is 4.79 Å². The number of H-pyrrole nitrogens is 1. The van der Waals surface area contributed by atoms with Gasteiger partial charge in [0.15, 0.2) is 4.77 Å². The van der Waals surface area contributed by atoms with Crippen LogP contribution in [-0.2, 0) is 11.3 Å². The molecule has 0 saturated carbocycles. The molecule has 5 nitrogen and oxygen atoms in total. The first-order valence-corrected chi connectivity index (χ1v) is 9.01. The largest absolute Gasteiger partial charge is 0.350 e. The molecule has 3 aromatic rings. The average molecular weight is 388 g/mol. The Morgan fingerprint density at radius 1 is 1.23 bits per heavy atom. The third kappa shape index (κ3) is 4.03. The molecule has 0 fully saturated rings. The zero-order valence-corrected chi connectivity index (χ0v) is 15.7. The highest BCUT2D eigenvalue weighted by atomic mass is 35.5. The van der Waals surface area contributed by atoms with E-state index in [-0.39, 0.29) is 30.5 Å². The van der Waals surface area contributed by atoms with Crippen LogP contribution in [0.15, 0.2) is 53.3 Å². The van der Waals surface area contributed by atoms with Crippen molar-refractivity contribution in [3.8, 4) is 0 Å². The molecule has 2 aromatic carbocycles. The zero-order valence-electron chi connectivity index (χ0n) is 14.2. The van der Waals surface area contributed by atoms with E-state index in [1.807, 2.05) is 25.1 Å². The summed E-state index contributed by atoms with van der Waals surface area (Å²) >= 11 is 11.1. The Morgan fingerprint density at radius 2 is 1.92 bits per heavy atom. The van der Waals surface area contributed by atoms with Crippen molar-refractivity contribution in [2.24, 2.45) is 0 Å². The van der Waals surface area contributed by atoms with E-state index in [1.54, 1.807) is 30.3 Å². The van der Waals surface area contributed by atoms with Crippen molar-refractivity contribution in [3.05, 3.63) is 74.2 Å². The Bertz CT molecular complexity index is 1060. The summed E-state index contributed by atoms with van der Waals surface area (Å²) < 4.78 is 1.73. The van der Waals surface area contributed by atoms with Crippen LogP contribution in [0.1, 0.15) is 24.9 Å². The fraction of sp³-hybridized carbons (Fsp3) is 0.211. The molecule has 3 rings (SSSR count). The molecule has 1 unspecified atom stereocenters. The molecule has 0 radical (unpaired) electrons. The number of halogens is 1. The first-order valence-electron chi connectivity index (χ1n) is 8.22. The first kappa shape index (κ1) is 18.4. The fourth-order valence-corrected chi connectivity index (χ4v) is 3.17. The van der Waals surface area contributed by atoms with Gasteiger partial charge >= 0.3 is 0 Å². The number of carbonyl (C=O) groups excluding carboxylic acids is 1. The Labute approximate surface area is 160 Å². The molecule has 7 heteroatoms. The van der Waals surface area contributed by atoms with Crippen molar-refractivity contribution in [2.75, 3.05) is 0 Å². The van der Waals surface area contributed by atoms with Crippen LogP contribution < -0.4 is 10.9 Å². The molecule has 0 saturated heterocycles. The minimum atomic E-state index is -0.192. The molecule has 1 atom stereocenters. The molecule has 2 N–H and O–H groups in total. The zero-order chi connectivity index (χ0) is 18.7. The maximum Gasteiger partial charge on any atom is 0.262 e. The first-order chi connectivity index (χ1) is 12.5. The normalized spacial score (nSPS) is 12.1. The van der Waals surface area contributed by atoms with Crippen LogP contribution >= 0.6 is 23.8 Å². The van der Waals surface area contributed by atoms with Crippen LogP contribution in [0.2, 0.25) is 5.02 Å². The van der Waals surface area contributed by atoms with Crippen LogP contribution in [0.3, 0.4) is 0 Å². The summed E-state index contributed by atoms with van der Waals surface area (Å²) in [7, 11) is 0. The van der Waals surface area contributed by atoms with Gasteiger partial charge < -0.3 is 10.3 Å². The van der Waals surface area contributed by atoms with Crippen LogP contribution in [0.5, 0.6) is 0 Å². The Morgan fingerprint density at radius 3 is 2.65 bits per heavy atom. The number of nitrogens with zero attached hydrogens (tertiary/aromatic N) is 1. The van der Waals surface area contributed by atoms with Crippen LogP contribution in [0.25, 0.3) is 10.9 Å². The lowest BCUT2D eigenvalue weighted by Gasteiger charge is -2.15. The third-order valence-corrected chi connectivity index (χ3v) is 4.77. The lowest BCUT2D eigenvalue weighted by molar-refractivity contribution is -0.121. The molecule has 0 spiro atoms. The number of carbonyl (C=O) groups is 1. The SMILES string of the molecule is CC(NC(=O)CCn1c(=S)[nH]c2ccccc2c1=O)c1ccc(Cl)cc1. The predicted molar refractivity (Wildman–Crippen MR) is 106 cm³/mol. The van der Waals surface area contributed by atoms with E-state index in [9.17, 15) is 9.59 Å². The van der Waals surface area contributed by atoms with E-state index in [1.165, 1.54) is 4.57 Å². The smallest absolute Gasteiger partial charge is 0.262 e. The summed E-state index contributed by atoms with van der Waals surface area (Å²) in [5, 5.41) is 4.12. The molecule has 1 heterocycles. The Hall–Kier alpha value is -2.44. The summed E-state index contributed by atoms with van der Waals surface area (Å²) in [5.41, 5.74) is 1.46. The number of fused-ring (bicyclic) bond motifs is 1. The van der Waals surface area contributed by atoms with Crippen LogP contribution in [-0.4, -0.2) is 15.5 Å². The van der Waals surface area contributed by atoms with E-state index in [2.05, 4.69) is 10.3 Å². The molecule has 1 aromatic heterocycles. The lowest BCUT2D eigenvalue weighted by Crippen LogP contribution is -2.30. The number of aromatic nitrogens is 2. The third-order valence-electron chi connectivity index (χ3n) is 4.20. The van der Waals surface area contributed by atoms with E-state index >= 15 is 0 Å². The molecule has 0 aliphatic heterocycles. The monoisotopic (exact) mass is 387 g/mol. The van der Waals surface area contributed by atoms with Gasteiger partial charge in [-0.3, -0.25) is 14.2 Å². The summed E-state index contributed by atoms with van der Waals surface area (Å²) in [6.45, 7) is 2.12. The van der Waals surface area contributed by atoms with E-state index in [0.717, 1.165) is 5.56 Å². The second-order valence-corrected chi connectivity index (χ2v) is 6.85. The minimum absolute atomic E-state index is 0.150. The van der Waals surface area contributed by atoms with Gasteiger partial charge in [-0.1, -0.05) is 35.9 Å². The number of nitrogens with one attached hydrogen (secondary N) is 2. The van der Waals surface area contributed by atoms with Crippen LogP contribution in [0, 0.1) is 4.77 Å². The van der Waals surface area contributed by atoms with Crippen molar-refractivity contribution in [3.63, 3.8) is 0 Å². The summed E-state index contributed by atoms with van der Waals surface area (Å²) in [6, 6.07) is 14.3. The van der Waals surface area contributed by atoms with Crippen molar-refractivity contribution in [2.45, 2.75) is 25.9 Å². The lowest BCUT2D eigenvalue weighted by atomic mass is 10.1. The average Bonchev–Trinajstić information content (AvgIpc) is 2.62. The van der Waals surface area contributed by atoms with Gasteiger partial charge in [0.2, 0.25) is 5.91 Å². The van der Waals surface area contributed by atoms with Gasteiger partial charge in [0.1, 0.15) is 0 Å². The van der Waals surface area contributed by atoms with E-state index in [4.69, 9.17) is 23.8 Å². The molecule has 1 amide bonds. The van der Waals surface area contributed by atoms with Crippen LogP contribution in [0.4, 0.5) is 0 Å². The predicted octanol–water partition coefficient (Wildman–Crippen LogP) is 3.98. The van der Waals surface area contributed by atoms with Crippen molar-refractivity contribution in [1.29, 1.82) is 0 Å².